The normalized spacial score (nSPS) is 21.3. The average Bonchev–Trinajstić information content (AvgIpc) is 3.16. The van der Waals surface area contributed by atoms with Gasteiger partial charge in [-0.05, 0) is 61.7 Å². The molecular weight excluding hydrogens is 445 g/mol. The molecule has 0 saturated carbocycles. The Hall–Kier alpha value is -3.23. The van der Waals surface area contributed by atoms with Crippen LogP contribution in [0.15, 0.2) is 48.5 Å². The second kappa shape index (κ2) is 9.95. The van der Waals surface area contributed by atoms with E-state index in [9.17, 15) is 22.8 Å². The Labute approximate surface area is 196 Å². The molecule has 2 aliphatic rings. The Bertz CT molecular complexity index is 1000. The molecule has 2 atom stereocenters. The molecular formula is C25H29F3N4O2. The number of amides is 2. The molecule has 182 valence electrons. The number of nitrogens with one attached hydrogen (secondary N) is 3. The molecule has 0 radical (unpaired) electrons. The first-order valence-corrected chi connectivity index (χ1v) is 11.5. The number of anilines is 3. The largest absolute Gasteiger partial charge is 0.391 e. The quantitative estimate of drug-likeness (QED) is 0.582. The SMILES string of the molecule is CC1NC(=O)CC1C(=O)NCc1ccc(Nc2ccc(N3CCC(C(F)(F)F)CC3)cc2)cc1. The van der Waals surface area contributed by atoms with E-state index in [1.54, 1.807) is 0 Å². The molecule has 4 rings (SSSR count). The highest BCUT2D eigenvalue weighted by Gasteiger charge is 2.41. The van der Waals surface area contributed by atoms with Crippen LogP contribution in [0, 0.1) is 11.8 Å². The summed E-state index contributed by atoms with van der Waals surface area (Å²) in [5.41, 5.74) is 3.63. The van der Waals surface area contributed by atoms with Crippen LogP contribution in [0.25, 0.3) is 0 Å². The number of piperidine rings is 1. The van der Waals surface area contributed by atoms with E-state index < -0.39 is 12.1 Å². The van der Waals surface area contributed by atoms with Gasteiger partial charge in [0.15, 0.2) is 0 Å². The van der Waals surface area contributed by atoms with Gasteiger partial charge in [0.2, 0.25) is 11.8 Å². The van der Waals surface area contributed by atoms with Crippen LogP contribution in [-0.4, -0.2) is 37.1 Å². The van der Waals surface area contributed by atoms with Crippen LogP contribution in [0.5, 0.6) is 0 Å². The van der Waals surface area contributed by atoms with Crippen molar-refractivity contribution in [1.29, 1.82) is 0 Å². The lowest BCUT2D eigenvalue weighted by Crippen LogP contribution is -2.38. The van der Waals surface area contributed by atoms with E-state index in [1.165, 1.54) is 0 Å². The first-order valence-electron chi connectivity index (χ1n) is 11.5. The summed E-state index contributed by atoms with van der Waals surface area (Å²) in [7, 11) is 0. The Kier molecular flexibility index (Phi) is 7.00. The molecule has 0 aliphatic carbocycles. The fourth-order valence-electron chi connectivity index (χ4n) is 4.52. The molecule has 2 aromatic rings. The maximum Gasteiger partial charge on any atom is 0.391 e. The second-order valence-corrected chi connectivity index (χ2v) is 9.06. The molecule has 0 bridgehead atoms. The van der Waals surface area contributed by atoms with Gasteiger partial charge in [0.25, 0.3) is 0 Å². The van der Waals surface area contributed by atoms with Crippen LogP contribution in [0.1, 0.15) is 31.7 Å². The van der Waals surface area contributed by atoms with Gasteiger partial charge in [-0.15, -0.1) is 0 Å². The summed E-state index contributed by atoms with van der Waals surface area (Å²) in [5.74, 6) is -1.77. The van der Waals surface area contributed by atoms with E-state index in [2.05, 4.69) is 16.0 Å². The van der Waals surface area contributed by atoms with E-state index in [-0.39, 0.29) is 43.0 Å². The topological polar surface area (TPSA) is 73.5 Å². The minimum atomic E-state index is -4.10. The number of hydrogen-bond donors (Lipinski definition) is 3. The highest BCUT2D eigenvalue weighted by Crippen LogP contribution is 2.35. The predicted octanol–water partition coefficient (Wildman–Crippen LogP) is 4.35. The summed E-state index contributed by atoms with van der Waals surface area (Å²) in [6.07, 6.45) is -3.62. The lowest BCUT2D eigenvalue weighted by atomic mass is 9.96. The van der Waals surface area contributed by atoms with Crippen molar-refractivity contribution in [3.05, 3.63) is 54.1 Å². The summed E-state index contributed by atoms with van der Waals surface area (Å²) in [6.45, 7) is 3.02. The fraction of sp³-hybridized carbons (Fsp3) is 0.440. The lowest BCUT2D eigenvalue weighted by Gasteiger charge is -2.34. The molecule has 2 aromatic carbocycles. The van der Waals surface area contributed by atoms with Gasteiger partial charge in [-0.3, -0.25) is 9.59 Å². The predicted molar refractivity (Wildman–Crippen MR) is 125 cm³/mol. The molecule has 2 aliphatic heterocycles. The van der Waals surface area contributed by atoms with E-state index in [0.29, 0.717) is 19.6 Å². The smallest absolute Gasteiger partial charge is 0.372 e. The second-order valence-electron chi connectivity index (χ2n) is 9.06. The van der Waals surface area contributed by atoms with E-state index in [4.69, 9.17) is 0 Å². The average molecular weight is 475 g/mol. The number of rotatable bonds is 6. The monoisotopic (exact) mass is 474 g/mol. The van der Waals surface area contributed by atoms with E-state index >= 15 is 0 Å². The number of benzene rings is 2. The number of alkyl halides is 3. The van der Waals surface area contributed by atoms with Crippen molar-refractivity contribution in [2.24, 2.45) is 11.8 Å². The van der Waals surface area contributed by atoms with Gasteiger partial charge in [-0.1, -0.05) is 12.1 Å². The Morgan fingerprint density at radius 1 is 1.03 bits per heavy atom. The number of hydrogen-bond acceptors (Lipinski definition) is 4. The van der Waals surface area contributed by atoms with Crippen LogP contribution in [0.2, 0.25) is 0 Å². The van der Waals surface area contributed by atoms with Crippen molar-refractivity contribution in [2.75, 3.05) is 23.3 Å². The summed E-state index contributed by atoms with van der Waals surface area (Å²) < 4.78 is 38.6. The summed E-state index contributed by atoms with van der Waals surface area (Å²) >= 11 is 0. The van der Waals surface area contributed by atoms with Gasteiger partial charge in [-0.25, -0.2) is 0 Å². The summed E-state index contributed by atoms with van der Waals surface area (Å²) in [5, 5.41) is 8.95. The highest BCUT2D eigenvalue weighted by atomic mass is 19.4. The van der Waals surface area contributed by atoms with Crippen LogP contribution < -0.4 is 20.9 Å². The van der Waals surface area contributed by atoms with Crippen LogP contribution in [0.3, 0.4) is 0 Å². The van der Waals surface area contributed by atoms with Crippen molar-refractivity contribution >= 4 is 28.9 Å². The molecule has 9 heteroatoms. The van der Waals surface area contributed by atoms with Crippen molar-refractivity contribution in [3.63, 3.8) is 0 Å². The third-order valence-corrected chi connectivity index (χ3v) is 6.63. The van der Waals surface area contributed by atoms with Crippen molar-refractivity contribution in [3.8, 4) is 0 Å². The number of nitrogens with zero attached hydrogens (tertiary/aromatic N) is 1. The Balaban J connectivity index is 1.26. The Morgan fingerprint density at radius 2 is 1.62 bits per heavy atom. The van der Waals surface area contributed by atoms with E-state index in [1.807, 2.05) is 60.4 Å². The zero-order chi connectivity index (χ0) is 24.3. The molecule has 2 heterocycles. The van der Waals surface area contributed by atoms with Gasteiger partial charge in [-0.2, -0.15) is 13.2 Å². The molecule has 2 saturated heterocycles. The first kappa shape index (κ1) is 23.9. The summed E-state index contributed by atoms with van der Waals surface area (Å²) in [4.78, 5) is 25.7. The third-order valence-electron chi connectivity index (χ3n) is 6.63. The molecule has 2 unspecified atom stereocenters. The summed E-state index contributed by atoms with van der Waals surface area (Å²) in [6, 6.07) is 15.2. The van der Waals surface area contributed by atoms with Crippen molar-refractivity contribution in [1.82, 2.24) is 10.6 Å². The van der Waals surface area contributed by atoms with Crippen LogP contribution in [0.4, 0.5) is 30.2 Å². The van der Waals surface area contributed by atoms with Crippen LogP contribution in [-0.2, 0) is 16.1 Å². The van der Waals surface area contributed by atoms with Crippen LogP contribution >= 0.6 is 0 Å². The molecule has 0 aromatic heterocycles. The van der Waals surface area contributed by atoms with Gasteiger partial charge >= 0.3 is 6.18 Å². The molecule has 0 spiro atoms. The highest BCUT2D eigenvalue weighted by molar-refractivity contribution is 5.89. The minimum absolute atomic E-state index is 0.0952. The maximum absolute atomic E-state index is 12.9. The third kappa shape index (κ3) is 5.81. The first-order chi connectivity index (χ1) is 16.2. The van der Waals surface area contributed by atoms with Crippen molar-refractivity contribution < 1.29 is 22.8 Å². The fourth-order valence-corrected chi connectivity index (χ4v) is 4.52. The molecule has 6 nitrogen and oxygen atoms in total. The van der Waals surface area contributed by atoms with Gasteiger partial charge in [0, 0.05) is 49.2 Å². The molecule has 2 fully saturated rings. The van der Waals surface area contributed by atoms with Gasteiger partial charge in [0.05, 0.1) is 11.8 Å². The standard InChI is InChI=1S/C25H29F3N4O2/c1-16-22(14-23(33)30-16)24(34)29-15-17-2-4-19(5-3-17)31-20-6-8-21(9-7-20)32-12-10-18(11-13-32)25(26,27)28/h2-9,16,18,22,31H,10-15H2,1H3,(H,29,34)(H,30,33). The maximum atomic E-state index is 12.9. The molecule has 3 N–H and O–H groups in total. The van der Waals surface area contributed by atoms with Crippen molar-refractivity contribution in [2.45, 2.75) is 44.9 Å². The zero-order valence-corrected chi connectivity index (χ0v) is 19.0. The number of carbonyl (C=O) groups excluding carboxylic acids is 2. The lowest BCUT2D eigenvalue weighted by molar-refractivity contribution is -0.179. The molecule has 2 amide bonds. The van der Waals surface area contributed by atoms with E-state index in [0.717, 1.165) is 22.6 Å². The van der Waals surface area contributed by atoms with Gasteiger partial charge < -0.3 is 20.9 Å². The Morgan fingerprint density at radius 3 is 2.15 bits per heavy atom. The number of halogens is 3. The van der Waals surface area contributed by atoms with Gasteiger partial charge in [0.1, 0.15) is 0 Å². The zero-order valence-electron chi connectivity index (χ0n) is 19.0. The number of carbonyl (C=O) groups is 2. The minimum Gasteiger partial charge on any atom is -0.372 e. The molecule has 34 heavy (non-hydrogen) atoms.